The van der Waals surface area contributed by atoms with Gasteiger partial charge < -0.3 is 10.4 Å². The molecule has 4 nitrogen and oxygen atoms in total. The van der Waals surface area contributed by atoms with E-state index in [9.17, 15) is 9.59 Å². The van der Waals surface area contributed by atoms with Crippen LogP contribution >= 0.6 is 11.8 Å². The second kappa shape index (κ2) is 6.00. The Balaban J connectivity index is 3.85. The summed E-state index contributed by atoms with van der Waals surface area (Å²) >= 11 is 1.14. The maximum absolute atomic E-state index is 11.3. The van der Waals surface area contributed by atoms with Gasteiger partial charge in [-0.2, -0.15) is 0 Å². The summed E-state index contributed by atoms with van der Waals surface area (Å²) < 4.78 is -0.908. The van der Waals surface area contributed by atoms with Gasteiger partial charge in [0.25, 0.3) is 0 Å². The van der Waals surface area contributed by atoms with E-state index in [-0.39, 0.29) is 11.7 Å². The topological polar surface area (TPSA) is 66.4 Å². The SMILES string of the molecule is CC(C)CNC(=O)CSC(C)(C)C(=O)O. The Kier molecular flexibility index (Phi) is 5.72. The zero-order valence-electron chi connectivity index (χ0n) is 9.66. The maximum atomic E-state index is 11.3. The summed E-state index contributed by atoms with van der Waals surface area (Å²) in [6.45, 7) is 7.83. The zero-order chi connectivity index (χ0) is 12.1. The number of carbonyl (C=O) groups excluding carboxylic acids is 1. The van der Waals surface area contributed by atoms with Crippen LogP contribution in [0.15, 0.2) is 0 Å². The molecule has 0 aliphatic rings. The van der Waals surface area contributed by atoms with E-state index in [0.717, 1.165) is 11.8 Å². The molecule has 0 aliphatic heterocycles. The number of hydrogen-bond donors (Lipinski definition) is 2. The van der Waals surface area contributed by atoms with Crippen LogP contribution in [0.25, 0.3) is 0 Å². The molecule has 0 rings (SSSR count). The molecule has 88 valence electrons. The monoisotopic (exact) mass is 233 g/mol. The minimum atomic E-state index is -0.908. The summed E-state index contributed by atoms with van der Waals surface area (Å²) in [5.74, 6) is -0.412. The molecule has 0 radical (unpaired) electrons. The summed E-state index contributed by atoms with van der Waals surface area (Å²) in [7, 11) is 0. The van der Waals surface area contributed by atoms with Gasteiger partial charge in [0, 0.05) is 6.54 Å². The molecule has 1 amide bonds. The van der Waals surface area contributed by atoms with Gasteiger partial charge in [-0.3, -0.25) is 9.59 Å². The largest absolute Gasteiger partial charge is 0.480 e. The third kappa shape index (κ3) is 6.38. The van der Waals surface area contributed by atoms with Gasteiger partial charge in [0.1, 0.15) is 4.75 Å². The lowest BCUT2D eigenvalue weighted by atomic mass is 10.2. The predicted octanol–water partition coefficient (Wildman–Crippen LogP) is 1.35. The first-order valence-corrected chi connectivity index (χ1v) is 5.88. The highest BCUT2D eigenvalue weighted by molar-refractivity contribution is 8.01. The smallest absolute Gasteiger partial charge is 0.319 e. The summed E-state index contributed by atoms with van der Waals surface area (Å²) in [5.41, 5.74) is 0. The van der Waals surface area contributed by atoms with Crippen molar-refractivity contribution in [3.63, 3.8) is 0 Å². The van der Waals surface area contributed by atoms with E-state index in [1.807, 2.05) is 13.8 Å². The number of carboxylic acid groups (broad SMARTS) is 1. The van der Waals surface area contributed by atoms with Crippen LogP contribution in [0.2, 0.25) is 0 Å². The number of hydrogen-bond acceptors (Lipinski definition) is 3. The number of carboxylic acids is 1. The van der Waals surface area contributed by atoms with Crippen molar-refractivity contribution in [1.29, 1.82) is 0 Å². The molecular formula is C10H19NO3S. The predicted molar refractivity (Wildman–Crippen MR) is 62.0 cm³/mol. The van der Waals surface area contributed by atoms with Gasteiger partial charge in [-0.15, -0.1) is 11.8 Å². The molecule has 0 aromatic heterocycles. The van der Waals surface area contributed by atoms with Crippen LogP contribution in [0.3, 0.4) is 0 Å². The zero-order valence-corrected chi connectivity index (χ0v) is 10.5. The number of amides is 1. The molecule has 2 N–H and O–H groups in total. The third-order valence-electron chi connectivity index (χ3n) is 1.79. The van der Waals surface area contributed by atoms with Crippen molar-refractivity contribution in [3.8, 4) is 0 Å². The average Bonchev–Trinajstić information content (AvgIpc) is 2.11. The van der Waals surface area contributed by atoms with Crippen molar-refractivity contribution in [1.82, 2.24) is 5.32 Å². The molecule has 0 fully saturated rings. The van der Waals surface area contributed by atoms with Crippen LogP contribution in [0.4, 0.5) is 0 Å². The van der Waals surface area contributed by atoms with Crippen molar-refractivity contribution >= 4 is 23.6 Å². The number of nitrogens with one attached hydrogen (secondary N) is 1. The number of aliphatic carboxylic acids is 1. The van der Waals surface area contributed by atoms with E-state index in [0.29, 0.717) is 12.5 Å². The highest BCUT2D eigenvalue weighted by Gasteiger charge is 2.28. The van der Waals surface area contributed by atoms with Gasteiger partial charge >= 0.3 is 5.97 Å². The molecule has 15 heavy (non-hydrogen) atoms. The molecule has 0 spiro atoms. The molecule has 0 aromatic rings. The van der Waals surface area contributed by atoms with E-state index >= 15 is 0 Å². The van der Waals surface area contributed by atoms with Crippen LogP contribution in [0.1, 0.15) is 27.7 Å². The average molecular weight is 233 g/mol. The lowest BCUT2D eigenvalue weighted by Crippen LogP contribution is -2.33. The standard InChI is InChI=1S/C10H19NO3S/c1-7(2)5-11-8(12)6-15-10(3,4)9(13)14/h7H,5-6H2,1-4H3,(H,11,12)(H,13,14). The molecule has 0 saturated heterocycles. The Labute approximate surface area is 94.8 Å². The van der Waals surface area contributed by atoms with Crippen LogP contribution < -0.4 is 5.32 Å². The Bertz CT molecular complexity index is 239. The van der Waals surface area contributed by atoms with Gasteiger partial charge in [0.15, 0.2) is 0 Å². The fourth-order valence-electron chi connectivity index (χ4n) is 0.677. The van der Waals surface area contributed by atoms with E-state index in [1.165, 1.54) is 0 Å². The van der Waals surface area contributed by atoms with Gasteiger partial charge in [-0.05, 0) is 19.8 Å². The second-order valence-electron chi connectivity index (χ2n) is 4.30. The van der Waals surface area contributed by atoms with E-state index < -0.39 is 10.7 Å². The Morgan fingerprint density at radius 1 is 1.40 bits per heavy atom. The summed E-state index contributed by atoms with van der Waals surface area (Å²) in [6.07, 6.45) is 0. The van der Waals surface area contributed by atoms with Crippen LogP contribution in [0, 0.1) is 5.92 Å². The fraction of sp³-hybridized carbons (Fsp3) is 0.800. The van der Waals surface area contributed by atoms with Crippen LogP contribution in [-0.2, 0) is 9.59 Å². The Morgan fingerprint density at radius 3 is 2.33 bits per heavy atom. The van der Waals surface area contributed by atoms with Crippen molar-refractivity contribution < 1.29 is 14.7 Å². The minimum Gasteiger partial charge on any atom is -0.480 e. The lowest BCUT2D eigenvalue weighted by Gasteiger charge is -2.18. The normalized spacial score (nSPS) is 11.5. The van der Waals surface area contributed by atoms with Gasteiger partial charge in [0.2, 0.25) is 5.91 Å². The molecule has 0 unspecified atom stereocenters. The lowest BCUT2D eigenvalue weighted by molar-refractivity contribution is -0.138. The molecule has 5 heteroatoms. The van der Waals surface area contributed by atoms with Gasteiger partial charge in [0.05, 0.1) is 5.75 Å². The van der Waals surface area contributed by atoms with Gasteiger partial charge in [-0.25, -0.2) is 0 Å². The van der Waals surface area contributed by atoms with Crippen molar-refractivity contribution in [2.45, 2.75) is 32.4 Å². The highest BCUT2D eigenvalue weighted by atomic mass is 32.2. The number of thioether (sulfide) groups is 1. The van der Waals surface area contributed by atoms with Crippen molar-refractivity contribution in [2.24, 2.45) is 5.92 Å². The first-order chi connectivity index (χ1) is 6.75. The maximum Gasteiger partial charge on any atom is 0.319 e. The molecule has 0 heterocycles. The highest BCUT2D eigenvalue weighted by Crippen LogP contribution is 2.23. The Morgan fingerprint density at radius 2 is 1.93 bits per heavy atom. The van der Waals surface area contributed by atoms with E-state index in [2.05, 4.69) is 5.32 Å². The molecule has 0 aromatic carbocycles. The van der Waals surface area contributed by atoms with Crippen LogP contribution in [0.5, 0.6) is 0 Å². The summed E-state index contributed by atoms with van der Waals surface area (Å²) in [4.78, 5) is 22.0. The van der Waals surface area contributed by atoms with E-state index in [4.69, 9.17) is 5.11 Å². The molecule has 0 aliphatic carbocycles. The van der Waals surface area contributed by atoms with Crippen molar-refractivity contribution in [3.05, 3.63) is 0 Å². The Hall–Kier alpha value is -0.710. The number of rotatable bonds is 6. The second-order valence-corrected chi connectivity index (χ2v) is 5.90. The first-order valence-electron chi connectivity index (χ1n) is 4.89. The summed E-state index contributed by atoms with van der Waals surface area (Å²) in [6, 6.07) is 0. The first kappa shape index (κ1) is 14.3. The number of carbonyl (C=O) groups is 2. The quantitative estimate of drug-likeness (QED) is 0.727. The van der Waals surface area contributed by atoms with Crippen LogP contribution in [-0.4, -0.2) is 34.0 Å². The molecule has 0 bridgehead atoms. The van der Waals surface area contributed by atoms with Gasteiger partial charge in [-0.1, -0.05) is 13.8 Å². The van der Waals surface area contributed by atoms with Crippen molar-refractivity contribution in [2.75, 3.05) is 12.3 Å². The molecule has 0 saturated carbocycles. The summed E-state index contributed by atoms with van der Waals surface area (Å²) in [5, 5.41) is 11.6. The molecule has 0 atom stereocenters. The van der Waals surface area contributed by atoms with E-state index in [1.54, 1.807) is 13.8 Å². The molecular weight excluding hydrogens is 214 g/mol. The minimum absolute atomic E-state index is 0.108. The third-order valence-corrected chi connectivity index (χ3v) is 3.09. The fourth-order valence-corrected chi connectivity index (χ4v) is 1.39.